The van der Waals surface area contributed by atoms with Gasteiger partial charge in [0.05, 0.1) is 23.4 Å². The number of fused-ring (bicyclic) bond motifs is 1. The van der Waals surface area contributed by atoms with Crippen LogP contribution in [-0.2, 0) is 7.05 Å². The highest BCUT2D eigenvalue weighted by atomic mass is 16.2. The number of aromatic amines is 1. The van der Waals surface area contributed by atoms with Crippen molar-refractivity contribution in [2.75, 3.05) is 6.54 Å². The van der Waals surface area contributed by atoms with Crippen LogP contribution in [0.15, 0.2) is 30.7 Å². The molecule has 118 valence electrons. The molecule has 0 bridgehead atoms. The van der Waals surface area contributed by atoms with E-state index < -0.39 is 0 Å². The molecule has 1 atom stereocenters. The molecule has 1 N–H and O–H groups in total. The fourth-order valence-corrected chi connectivity index (χ4v) is 3.27. The fraction of sp³-hybridized carbons (Fsp3) is 0.353. The number of amides is 1. The third-order valence-corrected chi connectivity index (χ3v) is 4.41. The number of imidazole rings is 2. The molecule has 1 unspecified atom stereocenters. The van der Waals surface area contributed by atoms with Gasteiger partial charge in [0.25, 0.3) is 5.91 Å². The molecule has 1 amide bonds. The van der Waals surface area contributed by atoms with Crippen LogP contribution in [0.2, 0.25) is 0 Å². The van der Waals surface area contributed by atoms with Gasteiger partial charge in [0.15, 0.2) is 0 Å². The van der Waals surface area contributed by atoms with Crippen LogP contribution < -0.4 is 0 Å². The highest BCUT2D eigenvalue weighted by Crippen LogP contribution is 2.32. The van der Waals surface area contributed by atoms with Gasteiger partial charge >= 0.3 is 0 Å². The molecule has 1 aliphatic heterocycles. The van der Waals surface area contributed by atoms with Gasteiger partial charge in [-0.1, -0.05) is 6.07 Å². The third-order valence-electron chi connectivity index (χ3n) is 4.41. The molecule has 2 aromatic heterocycles. The average Bonchev–Trinajstić information content (AvgIpc) is 3.23. The van der Waals surface area contributed by atoms with Crippen molar-refractivity contribution < 1.29 is 4.79 Å². The lowest BCUT2D eigenvalue weighted by atomic mass is 10.2. The topological polar surface area (TPSA) is 66.8 Å². The molecule has 3 aromatic rings. The van der Waals surface area contributed by atoms with Crippen LogP contribution in [0.4, 0.5) is 0 Å². The van der Waals surface area contributed by atoms with Crippen molar-refractivity contribution in [3.63, 3.8) is 0 Å². The second-order valence-electron chi connectivity index (χ2n) is 6.22. The number of rotatable bonds is 2. The summed E-state index contributed by atoms with van der Waals surface area (Å²) < 4.78 is 1.79. The number of aryl methyl sites for hydroxylation is 2. The first-order valence-electron chi connectivity index (χ1n) is 7.87. The molecule has 1 saturated heterocycles. The van der Waals surface area contributed by atoms with E-state index in [0.29, 0.717) is 5.69 Å². The quantitative estimate of drug-likeness (QED) is 0.791. The number of nitrogens with zero attached hydrogens (tertiary/aromatic N) is 4. The summed E-state index contributed by atoms with van der Waals surface area (Å²) >= 11 is 0. The summed E-state index contributed by atoms with van der Waals surface area (Å²) in [5.41, 5.74) is 3.66. The molecule has 1 fully saturated rings. The van der Waals surface area contributed by atoms with Gasteiger partial charge in [-0.05, 0) is 37.5 Å². The smallest absolute Gasteiger partial charge is 0.274 e. The van der Waals surface area contributed by atoms with Gasteiger partial charge in [0.1, 0.15) is 11.5 Å². The molecule has 3 heterocycles. The predicted octanol–water partition coefficient (Wildman–Crippen LogP) is 2.58. The molecule has 6 heteroatoms. The summed E-state index contributed by atoms with van der Waals surface area (Å²) in [6, 6.07) is 6.16. The Morgan fingerprint density at radius 3 is 3.04 bits per heavy atom. The second-order valence-corrected chi connectivity index (χ2v) is 6.22. The first kappa shape index (κ1) is 14.0. The van der Waals surface area contributed by atoms with Crippen molar-refractivity contribution in [2.24, 2.45) is 7.05 Å². The zero-order chi connectivity index (χ0) is 16.0. The van der Waals surface area contributed by atoms with Gasteiger partial charge in [-0.25, -0.2) is 9.97 Å². The average molecular weight is 309 g/mol. The van der Waals surface area contributed by atoms with Gasteiger partial charge < -0.3 is 14.5 Å². The number of H-pyrrole nitrogens is 1. The van der Waals surface area contributed by atoms with E-state index in [9.17, 15) is 4.79 Å². The van der Waals surface area contributed by atoms with Crippen LogP contribution in [0.25, 0.3) is 11.0 Å². The fourth-order valence-electron chi connectivity index (χ4n) is 3.27. The molecule has 0 radical (unpaired) electrons. The number of benzene rings is 1. The first-order valence-corrected chi connectivity index (χ1v) is 7.87. The maximum Gasteiger partial charge on any atom is 0.274 e. The summed E-state index contributed by atoms with van der Waals surface area (Å²) in [5.74, 6) is 0.845. The molecule has 0 aliphatic carbocycles. The SMILES string of the molecule is Cc1ccc2nc(C3CCCN3C(=O)c3cn(C)cn3)[nH]c2c1. The number of carbonyl (C=O) groups is 1. The Balaban J connectivity index is 1.67. The molecular formula is C17H19N5O. The van der Waals surface area contributed by atoms with Crippen LogP contribution in [0, 0.1) is 6.92 Å². The van der Waals surface area contributed by atoms with Crippen LogP contribution in [-0.4, -0.2) is 36.9 Å². The van der Waals surface area contributed by atoms with E-state index in [1.54, 1.807) is 17.1 Å². The molecular weight excluding hydrogens is 290 g/mol. The lowest BCUT2D eigenvalue weighted by Crippen LogP contribution is -2.31. The molecule has 0 saturated carbocycles. The molecule has 1 aliphatic rings. The Morgan fingerprint density at radius 1 is 1.39 bits per heavy atom. The zero-order valence-electron chi connectivity index (χ0n) is 13.3. The Bertz CT molecular complexity index is 878. The van der Waals surface area contributed by atoms with Crippen molar-refractivity contribution in [2.45, 2.75) is 25.8 Å². The lowest BCUT2D eigenvalue weighted by molar-refractivity contribution is 0.0725. The number of nitrogens with one attached hydrogen (secondary N) is 1. The van der Waals surface area contributed by atoms with Crippen molar-refractivity contribution >= 4 is 16.9 Å². The minimum absolute atomic E-state index is 0.00258. The molecule has 1 aromatic carbocycles. The van der Waals surface area contributed by atoms with E-state index >= 15 is 0 Å². The van der Waals surface area contributed by atoms with E-state index in [2.05, 4.69) is 29.0 Å². The van der Waals surface area contributed by atoms with Gasteiger partial charge in [-0.15, -0.1) is 0 Å². The summed E-state index contributed by atoms with van der Waals surface area (Å²) in [4.78, 5) is 26.9. The van der Waals surface area contributed by atoms with E-state index in [1.807, 2.05) is 18.0 Å². The Kier molecular flexibility index (Phi) is 3.18. The monoisotopic (exact) mass is 309 g/mol. The highest BCUT2D eigenvalue weighted by molar-refractivity contribution is 5.92. The minimum atomic E-state index is -0.0234. The predicted molar refractivity (Wildman–Crippen MR) is 87.1 cm³/mol. The van der Waals surface area contributed by atoms with Gasteiger partial charge in [-0.2, -0.15) is 0 Å². The maximum absolute atomic E-state index is 12.7. The maximum atomic E-state index is 12.7. The summed E-state index contributed by atoms with van der Waals surface area (Å²) in [5, 5.41) is 0. The number of hydrogen-bond acceptors (Lipinski definition) is 3. The Hall–Kier alpha value is -2.63. The van der Waals surface area contributed by atoms with Gasteiger partial charge in [0.2, 0.25) is 0 Å². The van der Waals surface area contributed by atoms with Crippen molar-refractivity contribution in [1.82, 2.24) is 24.4 Å². The Morgan fingerprint density at radius 2 is 2.26 bits per heavy atom. The zero-order valence-corrected chi connectivity index (χ0v) is 13.3. The molecule has 4 rings (SSSR count). The van der Waals surface area contributed by atoms with Crippen LogP contribution in [0.5, 0.6) is 0 Å². The number of aromatic nitrogens is 4. The second kappa shape index (κ2) is 5.22. The number of carbonyl (C=O) groups excluding carboxylic acids is 1. The van der Waals surface area contributed by atoms with Crippen LogP contribution >= 0.6 is 0 Å². The normalized spacial score (nSPS) is 18.0. The molecule has 6 nitrogen and oxygen atoms in total. The Labute approximate surface area is 134 Å². The summed E-state index contributed by atoms with van der Waals surface area (Å²) in [7, 11) is 1.87. The van der Waals surface area contributed by atoms with Crippen molar-refractivity contribution in [3.8, 4) is 0 Å². The molecule has 0 spiro atoms. The third kappa shape index (κ3) is 2.40. The number of likely N-dealkylation sites (tertiary alicyclic amines) is 1. The standard InChI is InChI=1S/C17H19N5O/c1-11-5-6-12-13(8-11)20-16(19-12)15-4-3-7-22(15)17(23)14-9-21(2)10-18-14/h5-6,8-10,15H,3-4,7H2,1-2H3,(H,19,20). The minimum Gasteiger partial charge on any atom is -0.340 e. The summed E-state index contributed by atoms with van der Waals surface area (Å²) in [6.07, 6.45) is 5.33. The van der Waals surface area contributed by atoms with E-state index in [0.717, 1.165) is 36.2 Å². The number of hydrogen-bond donors (Lipinski definition) is 1. The van der Waals surface area contributed by atoms with E-state index in [1.165, 1.54) is 5.56 Å². The van der Waals surface area contributed by atoms with Crippen molar-refractivity contribution in [1.29, 1.82) is 0 Å². The van der Waals surface area contributed by atoms with Crippen molar-refractivity contribution in [3.05, 3.63) is 47.8 Å². The molecule has 23 heavy (non-hydrogen) atoms. The van der Waals surface area contributed by atoms with Gasteiger partial charge in [0, 0.05) is 19.8 Å². The van der Waals surface area contributed by atoms with E-state index in [4.69, 9.17) is 4.98 Å². The largest absolute Gasteiger partial charge is 0.340 e. The van der Waals surface area contributed by atoms with E-state index in [-0.39, 0.29) is 11.9 Å². The van der Waals surface area contributed by atoms with Gasteiger partial charge in [-0.3, -0.25) is 4.79 Å². The summed E-state index contributed by atoms with van der Waals surface area (Å²) in [6.45, 7) is 2.81. The first-order chi connectivity index (χ1) is 11.1. The lowest BCUT2D eigenvalue weighted by Gasteiger charge is -2.22. The van der Waals surface area contributed by atoms with Crippen LogP contribution in [0.3, 0.4) is 0 Å². The highest BCUT2D eigenvalue weighted by Gasteiger charge is 2.33. The van der Waals surface area contributed by atoms with Crippen LogP contribution in [0.1, 0.15) is 40.8 Å².